The molecule has 1 aromatic heterocycles. The van der Waals surface area contributed by atoms with E-state index in [4.69, 9.17) is 10.5 Å². The first-order valence-corrected chi connectivity index (χ1v) is 8.59. The van der Waals surface area contributed by atoms with Gasteiger partial charge in [-0.3, -0.25) is 9.59 Å². The Morgan fingerprint density at radius 1 is 1.38 bits per heavy atom. The molecule has 0 fully saturated rings. The van der Waals surface area contributed by atoms with Gasteiger partial charge in [0.25, 0.3) is 5.91 Å². The summed E-state index contributed by atoms with van der Waals surface area (Å²) in [7, 11) is 0. The second-order valence-corrected chi connectivity index (χ2v) is 6.17. The molecule has 1 unspecified atom stereocenters. The minimum absolute atomic E-state index is 0.0678. The Morgan fingerprint density at radius 3 is 2.75 bits per heavy atom. The van der Waals surface area contributed by atoms with Gasteiger partial charge in [0.2, 0.25) is 0 Å². The Morgan fingerprint density at radius 2 is 2.12 bits per heavy atom. The fourth-order valence-electron chi connectivity index (χ4n) is 2.34. The summed E-state index contributed by atoms with van der Waals surface area (Å²) in [6.45, 7) is 4.29. The van der Waals surface area contributed by atoms with E-state index in [2.05, 4.69) is 10.3 Å². The average Bonchev–Trinajstić information content (AvgIpc) is 3.04. The molecule has 0 aliphatic carbocycles. The van der Waals surface area contributed by atoms with E-state index in [1.165, 1.54) is 11.3 Å². The summed E-state index contributed by atoms with van der Waals surface area (Å²) in [4.78, 5) is 28.5. The first kappa shape index (κ1) is 18.1. The lowest BCUT2D eigenvalue weighted by Gasteiger charge is -2.20. The van der Waals surface area contributed by atoms with E-state index in [1.54, 1.807) is 12.3 Å². The van der Waals surface area contributed by atoms with Crippen molar-refractivity contribution in [2.45, 2.75) is 32.9 Å². The Kier molecular flexibility index (Phi) is 6.45. The summed E-state index contributed by atoms with van der Waals surface area (Å²) in [6, 6.07) is 7.15. The van der Waals surface area contributed by atoms with Gasteiger partial charge in [0.15, 0.2) is 0 Å². The highest BCUT2D eigenvalue weighted by atomic mass is 32.1. The number of nitrogens with zero attached hydrogens (tertiary/aromatic N) is 1. The van der Waals surface area contributed by atoms with Crippen molar-refractivity contribution in [3.8, 4) is 0 Å². The summed E-state index contributed by atoms with van der Waals surface area (Å²) in [5, 5.41) is 5.24. The van der Waals surface area contributed by atoms with Crippen LogP contribution in [0, 0.1) is 6.92 Å². The standard InChI is InChI=1S/C17H21N3O3S/c1-3-23-16(21)8-13(12-7-5-4-6-11(12)2)20-17(22)14-10-24-15(9-18)19-14/h4-7,10,13H,3,8-9,18H2,1-2H3,(H,20,22). The van der Waals surface area contributed by atoms with Gasteiger partial charge in [-0.05, 0) is 25.0 Å². The minimum atomic E-state index is -0.472. The second-order valence-electron chi connectivity index (χ2n) is 5.22. The van der Waals surface area contributed by atoms with E-state index in [-0.39, 0.29) is 18.3 Å². The van der Waals surface area contributed by atoms with Crippen LogP contribution in [0.15, 0.2) is 29.6 Å². The van der Waals surface area contributed by atoms with Gasteiger partial charge in [-0.1, -0.05) is 24.3 Å². The normalized spacial score (nSPS) is 11.8. The van der Waals surface area contributed by atoms with Gasteiger partial charge < -0.3 is 15.8 Å². The number of hydrogen-bond donors (Lipinski definition) is 2. The lowest BCUT2D eigenvalue weighted by atomic mass is 9.98. The number of hydrogen-bond acceptors (Lipinski definition) is 6. The molecule has 0 aliphatic rings. The predicted octanol–water partition coefficient (Wildman–Crippen LogP) is 2.33. The highest BCUT2D eigenvalue weighted by Crippen LogP contribution is 2.22. The fraction of sp³-hybridized carbons (Fsp3) is 0.353. The predicted molar refractivity (Wildman–Crippen MR) is 92.6 cm³/mol. The molecule has 0 radical (unpaired) electrons. The number of esters is 1. The van der Waals surface area contributed by atoms with Gasteiger partial charge in [-0.25, -0.2) is 4.98 Å². The Bertz CT molecular complexity index is 715. The third kappa shape index (κ3) is 4.62. The van der Waals surface area contributed by atoms with Crippen molar-refractivity contribution in [3.63, 3.8) is 0 Å². The van der Waals surface area contributed by atoms with Gasteiger partial charge in [0.05, 0.1) is 19.1 Å². The molecule has 1 aromatic carbocycles. The number of benzene rings is 1. The molecule has 24 heavy (non-hydrogen) atoms. The number of ether oxygens (including phenoxy) is 1. The zero-order valence-electron chi connectivity index (χ0n) is 13.7. The zero-order valence-corrected chi connectivity index (χ0v) is 14.6. The maximum absolute atomic E-state index is 12.4. The molecule has 1 atom stereocenters. The molecule has 1 amide bonds. The molecule has 3 N–H and O–H groups in total. The maximum Gasteiger partial charge on any atom is 0.308 e. The Labute approximate surface area is 145 Å². The van der Waals surface area contributed by atoms with E-state index in [1.807, 2.05) is 31.2 Å². The van der Waals surface area contributed by atoms with Gasteiger partial charge in [-0.15, -0.1) is 11.3 Å². The molecular weight excluding hydrogens is 326 g/mol. The van der Waals surface area contributed by atoms with Crippen LogP contribution in [0.4, 0.5) is 0 Å². The van der Waals surface area contributed by atoms with E-state index in [9.17, 15) is 9.59 Å². The van der Waals surface area contributed by atoms with Crippen LogP contribution in [-0.2, 0) is 16.1 Å². The largest absolute Gasteiger partial charge is 0.466 e. The number of nitrogens with two attached hydrogens (primary N) is 1. The number of thiazole rings is 1. The summed E-state index contributed by atoms with van der Waals surface area (Å²) in [5.41, 5.74) is 7.71. The van der Waals surface area contributed by atoms with Gasteiger partial charge in [-0.2, -0.15) is 0 Å². The number of carbonyl (C=O) groups is 2. The monoisotopic (exact) mass is 347 g/mol. The van der Waals surface area contributed by atoms with E-state index in [0.717, 1.165) is 11.1 Å². The van der Waals surface area contributed by atoms with Crippen molar-refractivity contribution in [3.05, 3.63) is 51.5 Å². The highest BCUT2D eigenvalue weighted by molar-refractivity contribution is 7.09. The topological polar surface area (TPSA) is 94.3 Å². The summed E-state index contributed by atoms with van der Waals surface area (Å²) < 4.78 is 5.02. The molecule has 0 saturated heterocycles. The molecule has 128 valence electrons. The lowest BCUT2D eigenvalue weighted by Crippen LogP contribution is -2.31. The van der Waals surface area contributed by atoms with E-state index < -0.39 is 6.04 Å². The van der Waals surface area contributed by atoms with Crippen LogP contribution < -0.4 is 11.1 Å². The van der Waals surface area contributed by atoms with Gasteiger partial charge >= 0.3 is 5.97 Å². The van der Waals surface area contributed by atoms with Crippen molar-refractivity contribution in [2.24, 2.45) is 5.73 Å². The summed E-state index contributed by atoms with van der Waals surface area (Å²) >= 11 is 1.34. The van der Waals surface area contributed by atoms with Crippen LogP contribution >= 0.6 is 11.3 Å². The van der Waals surface area contributed by atoms with Crippen LogP contribution in [0.25, 0.3) is 0 Å². The molecule has 0 spiro atoms. The van der Waals surface area contributed by atoms with Crippen molar-refractivity contribution in [1.29, 1.82) is 0 Å². The van der Waals surface area contributed by atoms with Crippen molar-refractivity contribution < 1.29 is 14.3 Å². The van der Waals surface area contributed by atoms with Crippen LogP contribution in [0.2, 0.25) is 0 Å². The number of aromatic nitrogens is 1. The third-order valence-electron chi connectivity index (χ3n) is 3.50. The zero-order chi connectivity index (χ0) is 17.5. The van der Waals surface area contributed by atoms with Crippen LogP contribution in [0.3, 0.4) is 0 Å². The van der Waals surface area contributed by atoms with Crippen LogP contribution in [0.5, 0.6) is 0 Å². The molecule has 6 nitrogen and oxygen atoms in total. The first-order chi connectivity index (χ1) is 11.5. The van der Waals surface area contributed by atoms with Crippen LogP contribution in [-0.4, -0.2) is 23.5 Å². The number of carbonyl (C=O) groups excluding carboxylic acids is 2. The first-order valence-electron chi connectivity index (χ1n) is 7.71. The molecule has 0 aliphatic heterocycles. The van der Waals surface area contributed by atoms with Crippen molar-refractivity contribution >= 4 is 23.2 Å². The summed E-state index contributed by atoms with van der Waals surface area (Å²) in [6.07, 6.45) is 0.0678. The molecule has 7 heteroatoms. The van der Waals surface area contributed by atoms with Crippen molar-refractivity contribution in [2.75, 3.05) is 6.61 Å². The minimum Gasteiger partial charge on any atom is -0.466 e. The quantitative estimate of drug-likeness (QED) is 0.750. The third-order valence-corrected chi connectivity index (χ3v) is 4.38. The number of amides is 1. The smallest absolute Gasteiger partial charge is 0.308 e. The molecule has 0 saturated carbocycles. The fourth-order valence-corrected chi connectivity index (χ4v) is 3.00. The van der Waals surface area contributed by atoms with Gasteiger partial charge in [0.1, 0.15) is 10.7 Å². The molecule has 2 aromatic rings. The molecule has 1 heterocycles. The number of nitrogens with one attached hydrogen (secondary N) is 1. The average molecular weight is 347 g/mol. The summed E-state index contributed by atoms with van der Waals surface area (Å²) in [5.74, 6) is -0.685. The molecular formula is C17H21N3O3S. The molecule has 0 bridgehead atoms. The van der Waals surface area contributed by atoms with Crippen LogP contribution in [0.1, 0.15) is 46.0 Å². The van der Waals surface area contributed by atoms with E-state index >= 15 is 0 Å². The Balaban J connectivity index is 2.20. The SMILES string of the molecule is CCOC(=O)CC(NC(=O)c1csc(CN)n1)c1ccccc1C. The lowest BCUT2D eigenvalue weighted by molar-refractivity contribution is -0.143. The van der Waals surface area contributed by atoms with Crippen molar-refractivity contribution in [1.82, 2.24) is 10.3 Å². The Hall–Kier alpha value is -2.25. The highest BCUT2D eigenvalue weighted by Gasteiger charge is 2.22. The van der Waals surface area contributed by atoms with Gasteiger partial charge in [0, 0.05) is 11.9 Å². The number of aryl methyl sites for hydroxylation is 1. The van der Waals surface area contributed by atoms with E-state index in [0.29, 0.717) is 23.9 Å². The maximum atomic E-state index is 12.4. The second kappa shape index (κ2) is 8.56. The molecule has 2 rings (SSSR count). The number of rotatable bonds is 7.